The molecule has 3 heterocycles. The molecular weight excluding hydrogens is 492 g/mol. The SMILES string of the molecule is CCN1C(=O)N2Cc3cc(O)cc(OC)c3[C@@H](C)C=C2C12CCN(C(=O)c1cccc(O)c1)CC2.NS. The number of likely N-dealkylation sites (tertiary alicyclic amines) is 1. The Bertz CT molecular complexity index is 1230. The van der Waals surface area contributed by atoms with Crippen LogP contribution in [0, 0.1) is 0 Å². The van der Waals surface area contributed by atoms with Crippen LogP contribution in [0.15, 0.2) is 48.2 Å². The molecule has 2 aromatic rings. The maximum atomic E-state index is 13.6. The van der Waals surface area contributed by atoms with Crippen molar-refractivity contribution >= 4 is 24.8 Å². The van der Waals surface area contributed by atoms with Gasteiger partial charge in [0.2, 0.25) is 0 Å². The maximum Gasteiger partial charge on any atom is 0.325 e. The van der Waals surface area contributed by atoms with Gasteiger partial charge in [0.25, 0.3) is 5.91 Å². The van der Waals surface area contributed by atoms with Crippen molar-refractivity contribution in [3.63, 3.8) is 0 Å². The average molecular weight is 527 g/mol. The molecule has 3 amide bonds. The molecule has 4 N–H and O–H groups in total. The standard InChI is InChI=1S/C27H31N3O5.H3NS/c1-4-30-26(34)29-16-19-14-21(32)15-22(35-3)24(19)17(2)12-23(29)27(30)8-10-28(11-9-27)25(33)18-6-5-7-20(31)13-18;1-2/h5-7,12-15,17,31-32H,4,8-11,16H2,1-3H3;2H,1H2/t17-;/m0./s1. The second kappa shape index (κ2) is 10.5. The number of carbonyl (C=O) groups is 2. The van der Waals surface area contributed by atoms with E-state index in [4.69, 9.17) is 4.74 Å². The Morgan fingerprint density at radius 2 is 1.86 bits per heavy atom. The van der Waals surface area contributed by atoms with E-state index >= 15 is 0 Å². The van der Waals surface area contributed by atoms with Crippen LogP contribution >= 0.6 is 12.8 Å². The number of nitrogens with zero attached hydrogens (tertiary/aromatic N) is 3. The number of hydrogen-bond acceptors (Lipinski definition) is 7. The highest BCUT2D eigenvalue weighted by Gasteiger charge is 2.55. The minimum atomic E-state index is -0.493. The number of piperidine rings is 1. The lowest BCUT2D eigenvalue weighted by Crippen LogP contribution is -2.54. The third-order valence-corrected chi connectivity index (χ3v) is 7.66. The van der Waals surface area contributed by atoms with Crippen LogP contribution in [0.1, 0.15) is 54.1 Å². The van der Waals surface area contributed by atoms with E-state index in [-0.39, 0.29) is 29.4 Å². The van der Waals surface area contributed by atoms with Gasteiger partial charge in [-0.05, 0) is 49.6 Å². The number of likely N-dealkylation sites (N-methyl/N-ethyl adjacent to an activating group) is 1. The minimum absolute atomic E-state index is 0.0195. The van der Waals surface area contributed by atoms with Crippen LogP contribution < -0.4 is 9.88 Å². The van der Waals surface area contributed by atoms with E-state index in [1.54, 1.807) is 42.3 Å². The zero-order chi connectivity index (χ0) is 26.9. The minimum Gasteiger partial charge on any atom is -0.508 e. The zero-order valence-electron chi connectivity index (χ0n) is 21.3. The van der Waals surface area contributed by atoms with Gasteiger partial charge in [0.1, 0.15) is 17.2 Å². The molecule has 2 saturated heterocycles. The van der Waals surface area contributed by atoms with Crippen LogP contribution in [0.3, 0.4) is 0 Å². The lowest BCUT2D eigenvalue weighted by molar-refractivity contribution is 0.0575. The first-order valence-electron chi connectivity index (χ1n) is 12.3. The van der Waals surface area contributed by atoms with Crippen molar-refractivity contribution in [2.45, 2.75) is 44.7 Å². The number of amides is 3. The monoisotopic (exact) mass is 526 g/mol. The van der Waals surface area contributed by atoms with Crippen molar-refractivity contribution < 1.29 is 24.5 Å². The molecule has 2 aromatic carbocycles. The normalized spacial score (nSPS) is 19.9. The molecule has 3 aliphatic heterocycles. The molecule has 3 aliphatic rings. The third kappa shape index (κ3) is 4.48. The number of urea groups is 1. The fourth-order valence-corrected chi connectivity index (χ4v) is 6.06. The number of nitrogens with two attached hydrogens (primary N) is 1. The number of allylic oxidation sites excluding steroid dienone is 1. The second-order valence-corrected chi connectivity index (χ2v) is 9.55. The Morgan fingerprint density at radius 1 is 1.16 bits per heavy atom. The van der Waals surface area contributed by atoms with Crippen molar-refractivity contribution in [3.05, 3.63) is 64.9 Å². The van der Waals surface area contributed by atoms with Crippen LogP contribution in [-0.2, 0) is 6.54 Å². The van der Waals surface area contributed by atoms with E-state index in [1.807, 2.05) is 16.7 Å². The van der Waals surface area contributed by atoms with Crippen LogP contribution in [0.2, 0.25) is 0 Å². The molecule has 0 bridgehead atoms. The molecule has 0 aromatic heterocycles. The molecule has 37 heavy (non-hydrogen) atoms. The zero-order valence-corrected chi connectivity index (χ0v) is 22.2. The molecule has 1 atom stereocenters. The first kappa shape index (κ1) is 26.7. The molecule has 0 saturated carbocycles. The molecule has 0 aliphatic carbocycles. The van der Waals surface area contributed by atoms with E-state index in [0.717, 1.165) is 16.8 Å². The van der Waals surface area contributed by atoms with Crippen molar-refractivity contribution in [3.8, 4) is 17.2 Å². The van der Waals surface area contributed by atoms with Crippen molar-refractivity contribution in [1.29, 1.82) is 0 Å². The van der Waals surface area contributed by atoms with Gasteiger partial charge in [0.15, 0.2) is 0 Å². The van der Waals surface area contributed by atoms with Crippen LogP contribution in [0.5, 0.6) is 17.2 Å². The van der Waals surface area contributed by atoms with Crippen molar-refractivity contribution in [2.75, 3.05) is 26.7 Å². The summed E-state index contributed by atoms with van der Waals surface area (Å²) >= 11 is 3.03. The van der Waals surface area contributed by atoms with Crippen LogP contribution in [-0.4, -0.2) is 69.1 Å². The number of rotatable bonds is 3. The first-order valence-corrected chi connectivity index (χ1v) is 12.9. The summed E-state index contributed by atoms with van der Waals surface area (Å²) < 4.78 is 5.57. The lowest BCUT2D eigenvalue weighted by Gasteiger charge is -2.44. The number of phenols is 2. The quantitative estimate of drug-likeness (QED) is 0.452. The fraction of sp³-hybridized carbons (Fsp3) is 0.407. The van der Waals surface area contributed by atoms with Gasteiger partial charge >= 0.3 is 6.03 Å². The van der Waals surface area contributed by atoms with E-state index in [0.29, 0.717) is 50.3 Å². The highest BCUT2D eigenvalue weighted by molar-refractivity contribution is 7.77. The van der Waals surface area contributed by atoms with Gasteiger partial charge in [0, 0.05) is 48.4 Å². The molecule has 2 fully saturated rings. The number of methoxy groups -OCH3 is 1. The third-order valence-electron chi connectivity index (χ3n) is 7.66. The summed E-state index contributed by atoms with van der Waals surface area (Å²) in [5.41, 5.74) is 2.79. The number of phenolic OH excluding ortho intramolecular Hbond substituents is 2. The van der Waals surface area contributed by atoms with Crippen LogP contribution in [0.25, 0.3) is 0 Å². The Morgan fingerprint density at radius 3 is 2.49 bits per heavy atom. The number of fused-ring (bicyclic) bond motifs is 3. The van der Waals surface area contributed by atoms with Gasteiger partial charge in [-0.2, -0.15) is 0 Å². The molecule has 0 radical (unpaired) electrons. The first-order chi connectivity index (χ1) is 17.8. The largest absolute Gasteiger partial charge is 0.508 e. The number of thiol groups is 1. The van der Waals surface area contributed by atoms with E-state index < -0.39 is 5.54 Å². The molecule has 10 heteroatoms. The van der Waals surface area contributed by atoms with E-state index in [2.05, 4.69) is 31.0 Å². The summed E-state index contributed by atoms with van der Waals surface area (Å²) in [4.78, 5) is 32.3. The summed E-state index contributed by atoms with van der Waals surface area (Å²) in [6.07, 6.45) is 3.42. The lowest BCUT2D eigenvalue weighted by atomic mass is 9.82. The second-order valence-electron chi connectivity index (χ2n) is 9.55. The Labute approximate surface area is 222 Å². The Hall–Kier alpha value is -3.37. The number of benzene rings is 2. The van der Waals surface area contributed by atoms with Gasteiger partial charge < -0.3 is 24.7 Å². The van der Waals surface area contributed by atoms with E-state index in [1.165, 1.54) is 6.07 Å². The van der Waals surface area contributed by atoms with Gasteiger partial charge in [-0.3, -0.25) is 14.8 Å². The van der Waals surface area contributed by atoms with Gasteiger partial charge in [-0.25, -0.2) is 4.79 Å². The highest BCUT2D eigenvalue weighted by atomic mass is 32.1. The van der Waals surface area contributed by atoms with Gasteiger partial charge in [0.05, 0.1) is 19.2 Å². The van der Waals surface area contributed by atoms with Gasteiger partial charge in [-0.15, -0.1) is 12.8 Å². The Balaban J connectivity index is 0.00000156. The molecule has 9 nitrogen and oxygen atoms in total. The maximum absolute atomic E-state index is 13.6. The number of ether oxygens (including phenoxy) is 1. The molecule has 5 rings (SSSR count). The summed E-state index contributed by atoms with van der Waals surface area (Å²) in [5.74, 6) is 0.663. The predicted octanol–water partition coefficient (Wildman–Crippen LogP) is 3.83. The predicted molar refractivity (Wildman–Crippen MR) is 144 cm³/mol. The fourth-order valence-electron chi connectivity index (χ4n) is 6.06. The molecule has 1 spiro atoms. The number of carbonyl (C=O) groups excluding carboxylic acids is 2. The smallest absolute Gasteiger partial charge is 0.325 e. The summed E-state index contributed by atoms with van der Waals surface area (Å²) in [6, 6.07) is 9.70. The summed E-state index contributed by atoms with van der Waals surface area (Å²) in [7, 11) is 1.59. The average Bonchev–Trinajstić information content (AvgIpc) is 3.00. The molecule has 0 unspecified atom stereocenters. The van der Waals surface area contributed by atoms with Crippen molar-refractivity contribution in [1.82, 2.24) is 14.7 Å². The molecule has 198 valence electrons. The van der Waals surface area contributed by atoms with Gasteiger partial charge in [-0.1, -0.05) is 19.1 Å². The number of hydrogen-bond donors (Lipinski definition) is 4. The highest BCUT2D eigenvalue weighted by Crippen LogP contribution is 2.49. The molecular formula is C27H34N4O5S. The van der Waals surface area contributed by atoms with Crippen LogP contribution in [0.4, 0.5) is 4.79 Å². The van der Waals surface area contributed by atoms with Crippen molar-refractivity contribution in [2.24, 2.45) is 5.14 Å². The summed E-state index contributed by atoms with van der Waals surface area (Å²) in [5, 5.41) is 24.2. The van der Waals surface area contributed by atoms with E-state index in [9.17, 15) is 19.8 Å². The number of aromatic hydroxyl groups is 2. The summed E-state index contributed by atoms with van der Waals surface area (Å²) in [6.45, 7) is 6.02. The Kier molecular flexibility index (Phi) is 7.61. The topological polar surface area (TPSA) is 120 Å².